The Labute approximate surface area is 91.5 Å². The normalized spacial score (nSPS) is 16.4. The van der Waals surface area contributed by atoms with Gasteiger partial charge in [0.05, 0.1) is 0 Å². The molecule has 0 saturated heterocycles. The lowest BCUT2D eigenvalue weighted by molar-refractivity contribution is 0.701. The summed E-state index contributed by atoms with van der Waals surface area (Å²) in [4.78, 5) is 0. The molecule has 4 heteroatoms. The van der Waals surface area contributed by atoms with Gasteiger partial charge in [-0.15, -0.1) is 0 Å². The predicted molar refractivity (Wildman–Crippen MR) is 67.1 cm³/mol. The van der Waals surface area contributed by atoms with Crippen molar-refractivity contribution in [3.63, 3.8) is 0 Å². The fourth-order valence-electron chi connectivity index (χ4n) is 0.817. The summed E-state index contributed by atoms with van der Waals surface area (Å²) in [5.74, 6) is 1.84. The zero-order valence-corrected chi connectivity index (χ0v) is 10.1. The van der Waals surface area contributed by atoms with Crippen LogP contribution in [-0.2, 0) is 0 Å². The summed E-state index contributed by atoms with van der Waals surface area (Å²) in [7, 11) is 0. The second kappa shape index (κ2) is 8.02. The SMILES string of the molecule is SCCCC(S)C(S)CCS. The highest BCUT2D eigenvalue weighted by Gasteiger charge is 2.11. The minimum absolute atomic E-state index is 0.385. The van der Waals surface area contributed by atoms with Crippen molar-refractivity contribution in [3.8, 4) is 0 Å². The second-order valence-corrected chi connectivity index (χ2v) is 4.73. The zero-order valence-electron chi connectivity index (χ0n) is 6.48. The van der Waals surface area contributed by atoms with Crippen LogP contribution < -0.4 is 0 Å². The van der Waals surface area contributed by atoms with E-state index < -0.39 is 0 Å². The Bertz CT molecular complexity index is 86.5. The summed E-state index contributed by atoms with van der Waals surface area (Å²) in [6, 6.07) is 0. The minimum Gasteiger partial charge on any atom is -0.179 e. The van der Waals surface area contributed by atoms with Crippen molar-refractivity contribution in [1.82, 2.24) is 0 Å². The van der Waals surface area contributed by atoms with Crippen LogP contribution in [0.4, 0.5) is 0 Å². The number of rotatable bonds is 6. The fraction of sp³-hybridized carbons (Fsp3) is 1.00. The molecule has 0 aromatic carbocycles. The van der Waals surface area contributed by atoms with Gasteiger partial charge in [0.25, 0.3) is 0 Å². The molecule has 0 radical (unpaired) electrons. The third kappa shape index (κ3) is 6.55. The van der Waals surface area contributed by atoms with Crippen molar-refractivity contribution in [3.05, 3.63) is 0 Å². The van der Waals surface area contributed by atoms with E-state index in [0.29, 0.717) is 10.5 Å². The van der Waals surface area contributed by atoms with E-state index in [4.69, 9.17) is 0 Å². The van der Waals surface area contributed by atoms with E-state index in [1.54, 1.807) is 0 Å². The van der Waals surface area contributed by atoms with Gasteiger partial charge in [0.1, 0.15) is 0 Å². The Morgan fingerprint density at radius 3 is 1.82 bits per heavy atom. The van der Waals surface area contributed by atoms with Crippen LogP contribution in [0.3, 0.4) is 0 Å². The van der Waals surface area contributed by atoms with Crippen LogP contribution in [0.5, 0.6) is 0 Å². The van der Waals surface area contributed by atoms with Crippen molar-refractivity contribution < 1.29 is 0 Å². The largest absolute Gasteiger partial charge is 0.179 e. The standard InChI is InChI=1S/C7H16S4/c8-4-1-2-6(10)7(11)3-5-9/h6-11H,1-5H2. The summed E-state index contributed by atoms with van der Waals surface area (Å²) < 4.78 is 0. The molecule has 0 N–H and O–H groups in total. The molecule has 0 aromatic rings. The first-order valence-electron chi connectivity index (χ1n) is 3.80. The topological polar surface area (TPSA) is 0 Å². The van der Waals surface area contributed by atoms with Crippen molar-refractivity contribution >= 4 is 50.5 Å². The minimum atomic E-state index is 0.385. The lowest BCUT2D eigenvalue weighted by Gasteiger charge is -2.16. The fourth-order valence-corrected chi connectivity index (χ4v) is 2.09. The first-order chi connectivity index (χ1) is 5.22. The number of hydrogen-bond acceptors (Lipinski definition) is 4. The van der Waals surface area contributed by atoms with Gasteiger partial charge >= 0.3 is 0 Å². The molecule has 0 bridgehead atoms. The highest BCUT2D eigenvalue weighted by Crippen LogP contribution is 2.18. The van der Waals surface area contributed by atoms with E-state index in [9.17, 15) is 0 Å². The first-order valence-corrected chi connectivity index (χ1v) is 6.10. The van der Waals surface area contributed by atoms with E-state index in [1.165, 1.54) is 0 Å². The Balaban J connectivity index is 3.38. The van der Waals surface area contributed by atoms with Gasteiger partial charge in [-0.3, -0.25) is 0 Å². The van der Waals surface area contributed by atoms with Crippen molar-refractivity contribution in [1.29, 1.82) is 0 Å². The third-order valence-electron chi connectivity index (χ3n) is 1.53. The van der Waals surface area contributed by atoms with Crippen LogP contribution in [-0.4, -0.2) is 22.0 Å². The van der Waals surface area contributed by atoms with Crippen LogP contribution >= 0.6 is 50.5 Å². The molecule has 0 spiro atoms. The van der Waals surface area contributed by atoms with E-state index in [0.717, 1.165) is 30.8 Å². The summed E-state index contributed by atoms with van der Waals surface area (Å²) in [5, 5.41) is 0.786. The smallest absolute Gasteiger partial charge is 0.0141 e. The predicted octanol–water partition coefficient (Wildman–Crippen LogP) is 2.61. The van der Waals surface area contributed by atoms with Gasteiger partial charge in [-0.1, -0.05) is 0 Å². The van der Waals surface area contributed by atoms with E-state index in [2.05, 4.69) is 50.5 Å². The van der Waals surface area contributed by atoms with Crippen LogP contribution in [0.1, 0.15) is 19.3 Å². The maximum absolute atomic E-state index is 4.45. The Morgan fingerprint density at radius 2 is 1.36 bits per heavy atom. The number of hydrogen-bond donors (Lipinski definition) is 4. The van der Waals surface area contributed by atoms with Gasteiger partial charge in [0, 0.05) is 10.5 Å². The van der Waals surface area contributed by atoms with Crippen LogP contribution in [0.2, 0.25) is 0 Å². The maximum atomic E-state index is 4.45. The van der Waals surface area contributed by atoms with Crippen molar-refractivity contribution in [2.45, 2.75) is 29.8 Å². The van der Waals surface area contributed by atoms with E-state index >= 15 is 0 Å². The van der Waals surface area contributed by atoms with Crippen molar-refractivity contribution in [2.75, 3.05) is 11.5 Å². The molecule has 68 valence electrons. The van der Waals surface area contributed by atoms with Crippen LogP contribution in [0, 0.1) is 0 Å². The monoisotopic (exact) mass is 228 g/mol. The molecule has 0 amide bonds. The Morgan fingerprint density at radius 1 is 0.818 bits per heavy atom. The second-order valence-electron chi connectivity index (χ2n) is 2.51. The van der Waals surface area contributed by atoms with Crippen LogP contribution in [0.25, 0.3) is 0 Å². The summed E-state index contributed by atoms with van der Waals surface area (Å²) in [6.07, 6.45) is 3.27. The van der Waals surface area contributed by atoms with Crippen LogP contribution in [0.15, 0.2) is 0 Å². The molecule has 0 rings (SSSR count). The molecular weight excluding hydrogens is 212 g/mol. The molecule has 0 aliphatic heterocycles. The summed E-state index contributed by atoms with van der Waals surface area (Å²) >= 11 is 17.2. The summed E-state index contributed by atoms with van der Waals surface area (Å²) in [5.41, 5.74) is 0. The molecule has 0 aromatic heterocycles. The molecule has 0 aliphatic rings. The van der Waals surface area contributed by atoms with Crippen molar-refractivity contribution in [2.24, 2.45) is 0 Å². The van der Waals surface area contributed by atoms with Gasteiger partial charge in [-0.2, -0.15) is 50.5 Å². The molecule has 11 heavy (non-hydrogen) atoms. The Hall–Kier alpha value is 1.40. The first kappa shape index (κ1) is 12.4. The highest BCUT2D eigenvalue weighted by atomic mass is 32.1. The molecule has 2 atom stereocenters. The maximum Gasteiger partial charge on any atom is 0.0141 e. The van der Waals surface area contributed by atoms with E-state index in [-0.39, 0.29) is 0 Å². The molecule has 0 saturated carbocycles. The average molecular weight is 228 g/mol. The molecule has 0 fully saturated rings. The average Bonchev–Trinajstić information content (AvgIpc) is 2.00. The molecular formula is C7H16S4. The molecule has 0 nitrogen and oxygen atoms in total. The third-order valence-corrected chi connectivity index (χ3v) is 3.57. The number of thiol groups is 4. The highest BCUT2D eigenvalue weighted by molar-refractivity contribution is 7.85. The lowest BCUT2D eigenvalue weighted by Crippen LogP contribution is -2.15. The van der Waals surface area contributed by atoms with Gasteiger partial charge in [-0.25, -0.2) is 0 Å². The lowest BCUT2D eigenvalue weighted by atomic mass is 10.1. The van der Waals surface area contributed by atoms with Gasteiger partial charge < -0.3 is 0 Å². The van der Waals surface area contributed by atoms with Gasteiger partial charge in [-0.05, 0) is 30.8 Å². The summed E-state index contributed by atoms with van der Waals surface area (Å²) in [6.45, 7) is 0. The Kier molecular flexibility index (Phi) is 9.04. The van der Waals surface area contributed by atoms with E-state index in [1.807, 2.05) is 0 Å². The van der Waals surface area contributed by atoms with Gasteiger partial charge in [0.2, 0.25) is 0 Å². The molecule has 0 aliphatic carbocycles. The molecule has 0 heterocycles. The quantitative estimate of drug-likeness (QED) is 0.494. The molecule has 2 unspecified atom stereocenters. The van der Waals surface area contributed by atoms with Gasteiger partial charge in [0.15, 0.2) is 0 Å². The zero-order chi connectivity index (χ0) is 8.69.